The summed E-state index contributed by atoms with van der Waals surface area (Å²) in [4.78, 5) is 1.22. The summed E-state index contributed by atoms with van der Waals surface area (Å²) < 4.78 is 4.41. The van der Waals surface area contributed by atoms with Crippen molar-refractivity contribution in [3.63, 3.8) is 0 Å². The second kappa shape index (κ2) is 5.83. The average Bonchev–Trinajstić information content (AvgIpc) is 2.79. The Bertz CT molecular complexity index is 511. The van der Waals surface area contributed by atoms with Crippen LogP contribution in [0.4, 0.5) is 0 Å². The van der Waals surface area contributed by atoms with Gasteiger partial charge in [0.15, 0.2) is 0 Å². The maximum atomic E-state index is 5.99. The zero-order chi connectivity index (χ0) is 12.3. The first-order valence-corrected chi connectivity index (χ1v) is 6.85. The number of halogens is 2. The summed E-state index contributed by atoms with van der Waals surface area (Å²) in [6.07, 6.45) is 0. The van der Waals surface area contributed by atoms with E-state index in [2.05, 4.69) is 22.7 Å². The van der Waals surface area contributed by atoms with Crippen LogP contribution in [0, 0.1) is 0 Å². The van der Waals surface area contributed by atoms with E-state index >= 15 is 0 Å². The van der Waals surface area contributed by atoms with Crippen LogP contribution in [0.15, 0.2) is 24.3 Å². The molecule has 1 aromatic heterocycles. The average molecular weight is 287 g/mol. The van der Waals surface area contributed by atoms with E-state index < -0.39 is 0 Å². The predicted octanol–water partition coefficient (Wildman–Crippen LogP) is 4.23. The fourth-order valence-corrected chi connectivity index (χ4v) is 2.44. The molecule has 17 heavy (non-hydrogen) atoms. The molecule has 0 unspecified atom stereocenters. The van der Waals surface area contributed by atoms with Crippen LogP contribution in [-0.4, -0.2) is 10.9 Å². The van der Waals surface area contributed by atoms with E-state index in [1.807, 2.05) is 12.1 Å². The van der Waals surface area contributed by atoms with Gasteiger partial charge < -0.3 is 5.32 Å². The monoisotopic (exact) mass is 286 g/mol. The Morgan fingerprint density at radius 2 is 2.06 bits per heavy atom. The van der Waals surface area contributed by atoms with Gasteiger partial charge in [-0.2, -0.15) is 4.37 Å². The minimum atomic E-state index is 0.561. The molecule has 0 atom stereocenters. The normalized spacial score (nSPS) is 10.8. The summed E-state index contributed by atoms with van der Waals surface area (Å²) in [6, 6.07) is 7.64. The number of aromatic nitrogens is 1. The molecule has 0 fully saturated rings. The highest BCUT2D eigenvalue weighted by Crippen LogP contribution is 2.29. The molecule has 0 aliphatic heterocycles. The van der Waals surface area contributed by atoms with Crippen LogP contribution >= 0.6 is 34.7 Å². The van der Waals surface area contributed by atoms with Gasteiger partial charge in [-0.05, 0) is 36.3 Å². The van der Waals surface area contributed by atoms with Crippen LogP contribution in [0.2, 0.25) is 10.0 Å². The molecule has 0 aliphatic rings. The van der Waals surface area contributed by atoms with Gasteiger partial charge in [0, 0.05) is 17.0 Å². The van der Waals surface area contributed by atoms with Crippen molar-refractivity contribution in [2.45, 2.75) is 13.5 Å². The quantitative estimate of drug-likeness (QED) is 0.910. The Kier molecular flexibility index (Phi) is 4.40. The van der Waals surface area contributed by atoms with Crippen molar-refractivity contribution >= 4 is 34.7 Å². The standard InChI is InChI=1S/C12H12Cl2N2S/c1-2-15-7-9-6-12(16-17-9)8-3-4-10(13)11(14)5-8/h3-6,15H,2,7H2,1H3. The fraction of sp³-hybridized carbons (Fsp3) is 0.250. The molecule has 2 rings (SSSR count). The topological polar surface area (TPSA) is 24.9 Å². The summed E-state index contributed by atoms with van der Waals surface area (Å²) in [5.41, 5.74) is 1.94. The number of benzene rings is 1. The van der Waals surface area contributed by atoms with Gasteiger partial charge in [0.25, 0.3) is 0 Å². The van der Waals surface area contributed by atoms with Gasteiger partial charge in [-0.25, -0.2) is 0 Å². The molecule has 2 aromatic rings. The molecule has 0 spiro atoms. The highest BCUT2D eigenvalue weighted by Gasteiger charge is 2.06. The fourth-order valence-electron chi connectivity index (χ4n) is 1.44. The summed E-state index contributed by atoms with van der Waals surface area (Å²) in [5.74, 6) is 0. The summed E-state index contributed by atoms with van der Waals surface area (Å²) >= 11 is 13.4. The van der Waals surface area contributed by atoms with E-state index in [1.54, 1.807) is 6.07 Å². The lowest BCUT2D eigenvalue weighted by Gasteiger charge is -1.99. The minimum absolute atomic E-state index is 0.561. The van der Waals surface area contributed by atoms with Crippen LogP contribution in [0.5, 0.6) is 0 Å². The molecule has 0 saturated heterocycles. The van der Waals surface area contributed by atoms with E-state index in [0.29, 0.717) is 10.0 Å². The Labute approximate surface area is 115 Å². The third kappa shape index (κ3) is 3.19. The maximum absolute atomic E-state index is 5.99. The van der Waals surface area contributed by atoms with Crippen molar-refractivity contribution in [2.24, 2.45) is 0 Å². The third-order valence-electron chi connectivity index (χ3n) is 2.32. The van der Waals surface area contributed by atoms with Crippen molar-refractivity contribution in [1.82, 2.24) is 9.69 Å². The molecular formula is C12H12Cl2N2S. The second-order valence-corrected chi connectivity index (χ2v) is 5.29. The number of hydrogen-bond acceptors (Lipinski definition) is 3. The van der Waals surface area contributed by atoms with Crippen molar-refractivity contribution < 1.29 is 0 Å². The highest BCUT2D eigenvalue weighted by molar-refractivity contribution is 7.06. The number of hydrogen-bond donors (Lipinski definition) is 1. The smallest absolute Gasteiger partial charge is 0.0844 e. The molecule has 1 aromatic carbocycles. The first-order valence-electron chi connectivity index (χ1n) is 5.32. The van der Waals surface area contributed by atoms with Crippen molar-refractivity contribution in [2.75, 3.05) is 6.54 Å². The summed E-state index contributed by atoms with van der Waals surface area (Å²) in [6.45, 7) is 3.90. The largest absolute Gasteiger partial charge is 0.312 e. The van der Waals surface area contributed by atoms with E-state index in [1.165, 1.54) is 16.4 Å². The van der Waals surface area contributed by atoms with Crippen molar-refractivity contribution in [3.8, 4) is 11.3 Å². The molecule has 1 heterocycles. The molecule has 90 valence electrons. The van der Waals surface area contributed by atoms with E-state index in [-0.39, 0.29) is 0 Å². The Hall–Kier alpha value is -0.610. The lowest BCUT2D eigenvalue weighted by Crippen LogP contribution is -2.10. The molecule has 2 nitrogen and oxygen atoms in total. The van der Waals surface area contributed by atoms with Crippen LogP contribution in [0.3, 0.4) is 0 Å². The van der Waals surface area contributed by atoms with Gasteiger partial charge in [0.2, 0.25) is 0 Å². The van der Waals surface area contributed by atoms with Gasteiger partial charge >= 0.3 is 0 Å². The number of nitrogens with zero attached hydrogens (tertiary/aromatic N) is 1. The van der Waals surface area contributed by atoms with Crippen LogP contribution < -0.4 is 5.32 Å². The minimum Gasteiger partial charge on any atom is -0.312 e. The highest BCUT2D eigenvalue weighted by atomic mass is 35.5. The predicted molar refractivity (Wildman–Crippen MR) is 75.0 cm³/mol. The van der Waals surface area contributed by atoms with Crippen LogP contribution in [0.1, 0.15) is 11.8 Å². The lowest BCUT2D eigenvalue weighted by atomic mass is 10.1. The van der Waals surface area contributed by atoms with Gasteiger partial charge in [-0.1, -0.05) is 36.2 Å². The van der Waals surface area contributed by atoms with Gasteiger partial charge in [-0.3, -0.25) is 0 Å². The lowest BCUT2D eigenvalue weighted by molar-refractivity contribution is 0.735. The number of rotatable bonds is 4. The van der Waals surface area contributed by atoms with Crippen molar-refractivity contribution in [1.29, 1.82) is 0 Å². The summed E-state index contributed by atoms with van der Waals surface area (Å²) in [5, 5.41) is 4.40. The molecule has 5 heteroatoms. The zero-order valence-electron chi connectivity index (χ0n) is 9.34. The molecule has 1 N–H and O–H groups in total. The van der Waals surface area contributed by atoms with E-state index in [9.17, 15) is 0 Å². The SMILES string of the molecule is CCNCc1cc(-c2ccc(Cl)c(Cl)c2)ns1. The van der Waals surface area contributed by atoms with Crippen LogP contribution in [-0.2, 0) is 6.54 Å². The molecular weight excluding hydrogens is 275 g/mol. The van der Waals surface area contributed by atoms with E-state index in [0.717, 1.165) is 24.3 Å². The van der Waals surface area contributed by atoms with Gasteiger partial charge in [-0.15, -0.1) is 0 Å². The Morgan fingerprint density at radius 3 is 2.76 bits per heavy atom. The second-order valence-electron chi connectivity index (χ2n) is 3.59. The first-order chi connectivity index (χ1) is 8.20. The summed E-state index contributed by atoms with van der Waals surface area (Å²) in [7, 11) is 0. The molecule has 0 bridgehead atoms. The first kappa shape index (κ1) is 12.8. The molecule has 0 amide bonds. The Morgan fingerprint density at radius 1 is 1.24 bits per heavy atom. The van der Waals surface area contributed by atoms with Crippen LogP contribution in [0.25, 0.3) is 11.3 Å². The molecule has 0 saturated carbocycles. The maximum Gasteiger partial charge on any atom is 0.0844 e. The van der Waals surface area contributed by atoms with Gasteiger partial charge in [0.1, 0.15) is 0 Å². The number of nitrogens with one attached hydrogen (secondary N) is 1. The third-order valence-corrected chi connectivity index (χ3v) is 3.85. The Balaban J connectivity index is 2.21. The van der Waals surface area contributed by atoms with Gasteiger partial charge in [0.05, 0.1) is 15.7 Å². The molecule has 0 radical (unpaired) electrons. The van der Waals surface area contributed by atoms with E-state index in [4.69, 9.17) is 23.2 Å². The molecule has 0 aliphatic carbocycles. The zero-order valence-corrected chi connectivity index (χ0v) is 11.7. The van der Waals surface area contributed by atoms with Crippen molar-refractivity contribution in [3.05, 3.63) is 39.2 Å².